The molecule has 0 atom stereocenters. The molecule has 0 amide bonds. The van der Waals surface area contributed by atoms with Crippen LogP contribution in [0.15, 0.2) is 39.3 Å². The van der Waals surface area contributed by atoms with Gasteiger partial charge in [-0.2, -0.15) is 0 Å². The maximum absolute atomic E-state index is 13.8. The summed E-state index contributed by atoms with van der Waals surface area (Å²) in [5, 5.41) is 0.840. The highest BCUT2D eigenvalue weighted by Gasteiger charge is 2.11. The molecule has 0 saturated carbocycles. The maximum atomic E-state index is 13.8. The fourth-order valence-electron chi connectivity index (χ4n) is 1.64. The molecule has 0 radical (unpaired) electrons. The molecule has 0 aliphatic carbocycles. The third kappa shape index (κ3) is 3.75. The third-order valence-corrected chi connectivity index (χ3v) is 4.73. The van der Waals surface area contributed by atoms with Crippen LogP contribution in [0.5, 0.6) is 5.75 Å². The van der Waals surface area contributed by atoms with Crippen LogP contribution in [0.25, 0.3) is 0 Å². The highest BCUT2D eigenvalue weighted by molar-refractivity contribution is 9.11. The van der Waals surface area contributed by atoms with Crippen molar-refractivity contribution in [2.24, 2.45) is 0 Å². The molecule has 0 aliphatic rings. The summed E-state index contributed by atoms with van der Waals surface area (Å²) in [6, 6.07) is 8.75. The number of hydrogen-bond acceptors (Lipinski definition) is 1. The minimum absolute atomic E-state index is 0.0962. The van der Waals surface area contributed by atoms with Crippen molar-refractivity contribution in [3.05, 3.63) is 61.2 Å². The van der Waals surface area contributed by atoms with Gasteiger partial charge in [-0.05, 0) is 55.6 Å². The monoisotopic (exact) mass is 484 g/mol. The van der Waals surface area contributed by atoms with Crippen LogP contribution in [-0.4, -0.2) is 0 Å². The van der Waals surface area contributed by atoms with Gasteiger partial charge in [0.25, 0.3) is 0 Å². The molecule has 0 aliphatic heterocycles. The number of alkyl halides is 1. The van der Waals surface area contributed by atoms with Gasteiger partial charge in [-0.15, -0.1) is 0 Å². The van der Waals surface area contributed by atoms with Crippen LogP contribution >= 0.6 is 59.4 Å². The van der Waals surface area contributed by atoms with Crippen molar-refractivity contribution in [1.29, 1.82) is 0 Å². The minimum Gasteiger partial charge on any atom is -0.486 e. The fourth-order valence-corrected chi connectivity index (χ4v) is 3.67. The summed E-state index contributed by atoms with van der Waals surface area (Å²) < 4.78 is 21.1. The summed E-state index contributed by atoms with van der Waals surface area (Å²) >= 11 is 16.0. The lowest BCUT2D eigenvalue weighted by molar-refractivity contribution is 0.296. The molecule has 0 bridgehead atoms. The van der Waals surface area contributed by atoms with Crippen molar-refractivity contribution in [1.82, 2.24) is 0 Å². The quantitative estimate of drug-likeness (QED) is 0.449. The Labute approximate surface area is 146 Å². The molecule has 0 unspecified atom stereocenters. The maximum Gasteiger partial charge on any atom is 0.148 e. The summed E-state index contributed by atoms with van der Waals surface area (Å²) in [6.45, 7) is 0.108. The van der Waals surface area contributed by atoms with E-state index in [-0.39, 0.29) is 11.6 Å². The van der Waals surface area contributed by atoms with E-state index in [0.717, 1.165) is 19.8 Å². The van der Waals surface area contributed by atoms with E-state index in [1.807, 2.05) is 12.1 Å². The second-order valence-corrected chi connectivity index (χ2v) is 6.70. The van der Waals surface area contributed by atoms with E-state index in [4.69, 9.17) is 16.3 Å². The molecule has 0 saturated heterocycles. The molecule has 6 heteroatoms. The Hall–Kier alpha value is -0.100. The van der Waals surface area contributed by atoms with Gasteiger partial charge in [0.05, 0.1) is 14.0 Å². The van der Waals surface area contributed by atoms with E-state index < -0.39 is 5.82 Å². The zero-order valence-corrected chi connectivity index (χ0v) is 15.6. The van der Waals surface area contributed by atoms with E-state index in [0.29, 0.717) is 11.3 Å². The molecule has 0 aromatic heterocycles. The topological polar surface area (TPSA) is 9.23 Å². The predicted octanol–water partition coefficient (Wildman–Crippen LogP) is 6.48. The van der Waals surface area contributed by atoms with Crippen molar-refractivity contribution in [3.63, 3.8) is 0 Å². The summed E-state index contributed by atoms with van der Waals surface area (Å²) in [4.78, 5) is 0. The normalized spacial score (nSPS) is 10.7. The molecular formula is C14H9Br3ClFO. The Morgan fingerprint density at radius 2 is 1.80 bits per heavy atom. The van der Waals surface area contributed by atoms with Crippen LogP contribution in [0.4, 0.5) is 4.39 Å². The number of benzene rings is 2. The van der Waals surface area contributed by atoms with Crippen molar-refractivity contribution >= 4 is 59.4 Å². The number of halogens is 5. The third-order valence-electron chi connectivity index (χ3n) is 2.62. The standard InChI is InChI=1S/C14H9Br3ClFO/c15-6-8-4-10(16)14(11(17)5-8)20-7-9-2-1-3-12(18)13(9)19/h1-5H,6-7H2. The molecule has 0 spiro atoms. The first kappa shape index (κ1) is 16.3. The molecule has 2 rings (SSSR count). The van der Waals surface area contributed by atoms with Crippen LogP contribution in [0.2, 0.25) is 5.02 Å². The first-order chi connectivity index (χ1) is 9.52. The average molecular weight is 487 g/mol. The average Bonchev–Trinajstić information content (AvgIpc) is 2.42. The fraction of sp³-hybridized carbons (Fsp3) is 0.143. The highest BCUT2D eigenvalue weighted by Crippen LogP contribution is 2.36. The Bertz CT molecular complexity index is 611. The minimum atomic E-state index is -0.446. The Balaban J connectivity index is 2.21. The van der Waals surface area contributed by atoms with Gasteiger partial charge < -0.3 is 4.74 Å². The number of hydrogen-bond donors (Lipinski definition) is 0. The first-order valence-electron chi connectivity index (χ1n) is 5.62. The molecule has 0 heterocycles. The summed E-state index contributed by atoms with van der Waals surface area (Å²) in [5.74, 6) is 0.188. The lowest BCUT2D eigenvalue weighted by Crippen LogP contribution is -2.00. The SMILES string of the molecule is Fc1c(Cl)cccc1COc1c(Br)cc(CBr)cc1Br. The van der Waals surface area contributed by atoms with Gasteiger partial charge in [0, 0.05) is 10.9 Å². The highest BCUT2D eigenvalue weighted by atomic mass is 79.9. The van der Waals surface area contributed by atoms with Gasteiger partial charge in [0.2, 0.25) is 0 Å². The van der Waals surface area contributed by atoms with Crippen LogP contribution in [0.3, 0.4) is 0 Å². The number of ether oxygens (including phenoxy) is 1. The second kappa shape index (κ2) is 7.25. The van der Waals surface area contributed by atoms with Gasteiger partial charge in [0.1, 0.15) is 18.2 Å². The lowest BCUT2D eigenvalue weighted by Gasteiger charge is -2.12. The second-order valence-electron chi connectivity index (χ2n) is 4.02. The largest absolute Gasteiger partial charge is 0.486 e. The molecule has 2 aromatic carbocycles. The summed E-state index contributed by atoms with van der Waals surface area (Å²) in [5.41, 5.74) is 1.52. The summed E-state index contributed by atoms with van der Waals surface area (Å²) in [7, 11) is 0. The molecule has 0 fully saturated rings. The Kier molecular flexibility index (Phi) is 5.90. The smallest absolute Gasteiger partial charge is 0.148 e. The van der Waals surface area contributed by atoms with Crippen LogP contribution < -0.4 is 4.74 Å². The van der Waals surface area contributed by atoms with Gasteiger partial charge in [0.15, 0.2) is 0 Å². The van der Waals surface area contributed by atoms with Gasteiger partial charge in [-0.25, -0.2) is 4.39 Å². The van der Waals surface area contributed by atoms with Gasteiger partial charge in [-0.1, -0.05) is 39.7 Å². The lowest BCUT2D eigenvalue weighted by atomic mass is 10.2. The Morgan fingerprint density at radius 3 is 2.40 bits per heavy atom. The Morgan fingerprint density at radius 1 is 1.15 bits per heavy atom. The van der Waals surface area contributed by atoms with E-state index in [1.165, 1.54) is 6.07 Å². The summed E-state index contributed by atoms with van der Waals surface area (Å²) in [6.07, 6.45) is 0. The van der Waals surface area contributed by atoms with Crippen LogP contribution in [0.1, 0.15) is 11.1 Å². The van der Waals surface area contributed by atoms with Crippen molar-refractivity contribution in [3.8, 4) is 5.75 Å². The zero-order chi connectivity index (χ0) is 14.7. The zero-order valence-electron chi connectivity index (χ0n) is 10.1. The van der Waals surface area contributed by atoms with E-state index >= 15 is 0 Å². The van der Waals surface area contributed by atoms with Gasteiger partial charge >= 0.3 is 0 Å². The van der Waals surface area contributed by atoms with E-state index in [9.17, 15) is 4.39 Å². The van der Waals surface area contributed by atoms with Crippen molar-refractivity contribution in [2.45, 2.75) is 11.9 Å². The molecule has 2 aromatic rings. The van der Waals surface area contributed by atoms with Gasteiger partial charge in [-0.3, -0.25) is 0 Å². The van der Waals surface area contributed by atoms with Crippen molar-refractivity contribution < 1.29 is 9.13 Å². The molecule has 20 heavy (non-hydrogen) atoms. The van der Waals surface area contributed by atoms with E-state index in [2.05, 4.69) is 47.8 Å². The molecule has 0 N–H and O–H groups in total. The molecular weight excluding hydrogens is 478 g/mol. The van der Waals surface area contributed by atoms with Crippen molar-refractivity contribution in [2.75, 3.05) is 0 Å². The van der Waals surface area contributed by atoms with Crippen LogP contribution in [-0.2, 0) is 11.9 Å². The van der Waals surface area contributed by atoms with Crippen LogP contribution in [0, 0.1) is 5.82 Å². The molecule has 106 valence electrons. The predicted molar refractivity (Wildman–Crippen MR) is 90.2 cm³/mol. The number of rotatable bonds is 4. The van der Waals surface area contributed by atoms with E-state index in [1.54, 1.807) is 12.1 Å². The molecule has 1 nitrogen and oxygen atoms in total. The first-order valence-corrected chi connectivity index (χ1v) is 8.71.